The van der Waals surface area contributed by atoms with Gasteiger partial charge < -0.3 is 14.4 Å². The second kappa shape index (κ2) is 12.8. The average molecular weight is 569 g/mol. The quantitative estimate of drug-likeness (QED) is 0.168. The molecule has 1 saturated carbocycles. The number of rotatable bonds is 9. The van der Waals surface area contributed by atoms with E-state index in [1.807, 2.05) is 54.6 Å². The molecule has 2 fully saturated rings. The third kappa shape index (κ3) is 6.16. The summed E-state index contributed by atoms with van der Waals surface area (Å²) in [5.74, 6) is 0.828. The molecule has 0 bridgehead atoms. The Labute approximate surface area is 250 Å². The number of fused-ring (bicyclic) bond motifs is 2. The first-order valence-electron chi connectivity index (χ1n) is 15.2. The number of methoxy groups -OCH3 is 1. The molecule has 6 heteroatoms. The molecule has 222 valence electrons. The van der Waals surface area contributed by atoms with E-state index in [1.165, 1.54) is 6.92 Å². The number of amides is 1. The van der Waals surface area contributed by atoms with Crippen molar-refractivity contribution in [2.75, 3.05) is 33.3 Å². The second-order valence-corrected chi connectivity index (χ2v) is 12.5. The number of likely N-dealkylation sites (tertiary alicyclic amines) is 1. The predicted molar refractivity (Wildman–Crippen MR) is 168 cm³/mol. The Morgan fingerprint density at radius 3 is 2.60 bits per heavy atom. The molecule has 6 nitrogen and oxygen atoms in total. The number of hydrogen-bond acceptors (Lipinski definition) is 5. The van der Waals surface area contributed by atoms with E-state index in [2.05, 4.69) is 48.4 Å². The first kappa shape index (κ1) is 30.0. The highest BCUT2D eigenvalue weighted by atomic mass is 16.5. The van der Waals surface area contributed by atoms with Crippen LogP contribution in [-0.2, 0) is 14.9 Å². The van der Waals surface area contributed by atoms with Gasteiger partial charge in [0.1, 0.15) is 5.75 Å². The SMILES string of the molecule is C=CCN1CCC2(c3cccc(OC(C)=O)c3)CC(N(CC(C)C)C(=O)c3ccc4ccccc4c3)CC(OC)C2C1. The van der Waals surface area contributed by atoms with Gasteiger partial charge in [0, 0.05) is 56.6 Å². The fraction of sp³-hybridized carbons (Fsp3) is 0.444. The summed E-state index contributed by atoms with van der Waals surface area (Å²) in [4.78, 5) is 30.7. The van der Waals surface area contributed by atoms with Gasteiger partial charge in [0.15, 0.2) is 0 Å². The third-order valence-electron chi connectivity index (χ3n) is 9.21. The molecule has 1 saturated heterocycles. The van der Waals surface area contributed by atoms with Gasteiger partial charge in [-0.1, -0.05) is 62.4 Å². The summed E-state index contributed by atoms with van der Waals surface area (Å²) in [6.07, 6.45) is 4.46. The highest BCUT2D eigenvalue weighted by molar-refractivity contribution is 5.98. The van der Waals surface area contributed by atoms with Crippen LogP contribution in [0.3, 0.4) is 0 Å². The van der Waals surface area contributed by atoms with Crippen molar-refractivity contribution in [3.05, 3.63) is 90.5 Å². The molecule has 0 aromatic heterocycles. The van der Waals surface area contributed by atoms with Gasteiger partial charge in [-0.3, -0.25) is 14.5 Å². The summed E-state index contributed by atoms with van der Waals surface area (Å²) in [5.41, 5.74) is 1.63. The van der Waals surface area contributed by atoms with E-state index in [-0.39, 0.29) is 35.4 Å². The largest absolute Gasteiger partial charge is 0.427 e. The third-order valence-corrected chi connectivity index (χ3v) is 9.21. The van der Waals surface area contributed by atoms with Gasteiger partial charge in [-0.05, 0) is 72.3 Å². The predicted octanol–water partition coefficient (Wildman–Crippen LogP) is 6.49. The zero-order valence-electron chi connectivity index (χ0n) is 25.4. The van der Waals surface area contributed by atoms with E-state index in [9.17, 15) is 9.59 Å². The van der Waals surface area contributed by atoms with Crippen LogP contribution >= 0.6 is 0 Å². The Bertz CT molecular complexity index is 1430. The Morgan fingerprint density at radius 2 is 1.88 bits per heavy atom. The number of piperidine rings is 1. The van der Waals surface area contributed by atoms with Crippen LogP contribution in [0.15, 0.2) is 79.4 Å². The first-order valence-corrected chi connectivity index (χ1v) is 15.2. The molecule has 3 aromatic rings. The highest BCUT2D eigenvalue weighted by Gasteiger charge is 2.54. The van der Waals surface area contributed by atoms with Crippen LogP contribution in [0.4, 0.5) is 0 Å². The molecule has 0 radical (unpaired) electrons. The maximum absolute atomic E-state index is 14.3. The van der Waals surface area contributed by atoms with Gasteiger partial charge in [0.2, 0.25) is 0 Å². The highest BCUT2D eigenvalue weighted by Crippen LogP contribution is 2.51. The molecule has 1 amide bonds. The summed E-state index contributed by atoms with van der Waals surface area (Å²) in [7, 11) is 1.80. The minimum Gasteiger partial charge on any atom is -0.427 e. The molecule has 0 spiro atoms. The molecular weight excluding hydrogens is 524 g/mol. The van der Waals surface area contributed by atoms with Crippen molar-refractivity contribution in [2.24, 2.45) is 11.8 Å². The minimum absolute atomic E-state index is 0.00379. The van der Waals surface area contributed by atoms with Crippen LogP contribution in [0, 0.1) is 11.8 Å². The van der Waals surface area contributed by atoms with E-state index >= 15 is 0 Å². The summed E-state index contributed by atoms with van der Waals surface area (Å²) in [5, 5.41) is 2.20. The lowest BCUT2D eigenvalue weighted by Gasteiger charge is -2.57. The van der Waals surface area contributed by atoms with E-state index in [4.69, 9.17) is 9.47 Å². The van der Waals surface area contributed by atoms with Crippen LogP contribution in [0.1, 0.15) is 56.0 Å². The Balaban J connectivity index is 1.56. The minimum atomic E-state index is -0.331. The maximum Gasteiger partial charge on any atom is 0.308 e. The number of carbonyl (C=O) groups excluding carboxylic acids is 2. The summed E-state index contributed by atoms with van der Waals surface area (Å²) < 4.78 is 11.8. The molecule has 1 aliphatic heterocycles. The van der Waals surface area contributed by atoms with E-state index in [1.54, 1.807) is 7.11 Å². The lowest BCUT2D eigenvalue weighted by molar-refractivity contribution is -0.131. The standard InChI is InChI=1S/C36H44N2O4/c1-6-17-37-18-16-36(30-12-9-13-32(20-30)42-26(4)39)22-31(21-34(41-5)33(36)24-37)38(23-25(2)3)35(40)29-15-14-27-10-7-8-11-28(27)19-29/h6-15,19-20,25,31,33-34H,1,16-18,21-24H2,2-5H3. The van der Waals surface area contributed by atoms with Gasteiger partial charge in [-0.2, -0.15) is 0 Å². The topological polar surface area (TPSA) is 59.1 Å². The maximum atomic E-state index is 14.3. The molecule has 1 heterocycles. The van der Waals surface area contributed by atoms with Crippen LogP contribution in [0.25, 0.3) is 10.8 Å². The zero-order chi connectivity index (χ0) is 29.9. The smallest absolute Gasteiger partial charge is 0.308 e. The van der Waals surface area contributed by atoms with Crippen LogP contribution < -0.4 is 4.74 Å². The van der Waals surface area contributed by atoms with Crippen LogP contribution in [0.2, 0.25) is 0 Å². The molecule has 4 unspecified atom stereocenters. The van der Waals surface area contributed by atoms with Crippen molar-refractivity contribution in [1.82, 2.24) is 9.80 Å². The molecule has 0 N–H and O–H groups in total. The molecular formula is C36H44N2O4. The monoisotopic (exact) mass is 568 g/mol. The number of esters is 1. The summed E-state index contributed by atoms with van der Waals surface area (Å²) in [6.45, 7) is 13.1. The Morgan fingerprint density at radius 1 is 1.10 bits per heavy atom. The summed E-state index contributed by atoms with van der Waals surface area (Å²) in [6, 6.07) is 22.2. The molecule has 42 heavy (non-hydrogen) atoms. The van der Waals surface area contributed by atoms with Crippen LogP contribution in [0.5, 0.6) is 5.75 Å². The summed E-state index contributed by atoms with van der Waals surface area (Å²) >= 11 is 0. The number of carbonyl (C=O) groups is 2. The average Bonchev–Trinajstić information content (AvgIpc) is 2.98. The van der Waals surface area contributed by atoms with E-state index in [0.717, 1.165) is 60.8 Å². The normalized spacial score (nSPS) is 24.3. The fourth-order valence-electron chi connectivity index (χ4n) is 7.39. The Kier molecular flexibility index (Phi) is 9.14. The number of hydrogen-bond donors (Lipinski definition) is 0. The van der Waals surface area contributed by atoms with Crippen molar-refractivity contribution in [3.8, 4) is 5.75 Å². The molecule has 3 aromatic carbocycles. The second-order valence-electron chi connectivity index (χ2n) is 12.5. The van der Waals surface area contributed by atoms with Gasteiger partial charge >= 0.3 is 5.97 Å². The van der Waals surface area contributed by atoms with Crippen molar-refractivity contribution in [3.63, 3.8) is 0 Å². The first-order chi connectivity index (χ1) is 20.2. The van der Waals surface area contributed by atoms with Gasteiger partial charge in [-0.15, -0.1) is 6.58 Å². The number of nitrogens with zero attached hydrogens (tertiary/aromatic N) is 2. The van der Waals surface area contributed by atoms with Crippen molar-refractivity contribution >= 4 is 22.6 Å². The van der Waals surface area contributed by atoms with Gasteiger partial charge in [-0.25, -0.2) is 0 Å². The zero-order valence-corrected chi connectivity index (χ0v) is 25.4. The van der Waals surface area contributed by atoms with Gasteiger partial charge in [0.05, 0.1) is 6.10 Å². The lowest BCUT2D eigenvalue weighted by atomic mass is 9.56. The Hall–Kier alpha value is -3.48. The molecule has 1 aliphatic carbocycles. The van der Waals surface area contributed by atoms with Gasteiger partial charge in [0.25, 0.3) is 5.91 Å². The number of benzene rings is 3. The van der Waals surface area contributed by atoms with Crippen molar-refractivity contribution < 1.29 is 19.1 Å². The lowest BCUT2D eigenvalue weighted by Crippen LogP contribution is -2.62. The number of ether oxygens (including phenoxy) is 2. The molecule has 5 rings (SSSR count). The fourth-order valence-corrected chi connectivity index (χ4v) is 7.39. The van der Waals surface area contributed by atoms with E-state index < -0.39 is 0 Å². The van der Waals surface area contributed by atoms with Crippen molar-refractivity contribution in [1.29, 1.82) is 0 Å². The molecule has 4 atom stereocenters. The van der Waals surface area contributed by atoms with E-state index in [0.29, 0.717) is 18.2 Å². The van der Waals surface area contributed by atoms with Crippen LogP contribution in [-0.4, -0.2) is 67.1 Å². The molecule has 2 aliphatic rings. The van der Waals surface area contributed by atoms with Crippen molar-refractivity contribution in [2.45, 2.75) is 57.6 Å².